The summed E-state index contributed by atoms with van der Waals surface area (Å²) in [6.45, 7) is 1.45. The van der Waals surface area contributed by atoms with Crippen molar-refractivity contribution in [1.29, 1.82) is 0 Å². The standard InChI is InChI=1S/C12H16N2O2/c13-10-3-1-7-14(9-10)12(15)6-5-11-4-2-8-16-11/h2,4-6,8,10H,1,3,7,9,13H2/b6-5+. The first kappa shape index (κ1) is 11.0. The Hall–Kier alpha value is -1.55. The van der Waals surface area contributed by atoms with E-state index in [0.717, 1.165) is 19.4 Å². The monoisotopic (exact) mass is 220 g/mol. The van der Waals surface area contributed by atoms with Crippen molar-refractivity contribution in [3.8, 4) is 0 Å². The number of furan rings is 1. The molecule has 16 heavy (non-hydrogen) atoms. The van der Waals surface area contributed by atoms with Crippen LogP contribution in [-0.4, -0.2) is 29.9 Å². The molecule has 1 aliphatic rings. The van der Waals surface area contributed by atoms with Gasteiger partial charge in [0.05, 0.1) is 6.26 Å². The quantitative estimate of drug-likeness (QED) is 0.763. The van der Waals surface area contributed by atoms with Crippen molar-refractivity contribution in [1.82, 2.24) is 4.90 Å². The molecule has 0 saturated carbocycles. The van der Waals surface area contributed by atoms with Gasteiger partial charge in [-0.2, -0.15) is 0 Å². The number of hydrogen-bond donors (Lipinski definition) is 1. The highest BCUT2D eigenvalue weighted by molar-refractivity contribution is 5.91. The minimum absolute atomic E-state index is 0.00606. The summed E-state index contributed by atoms with van der Waals surface area (Å²) >= 11 is 0. The number of rotatable bonds is 2. The number of nitrogens with two attached hydrogens (primary N) is 1. The molecule has 1 fully saturated rings. The molecule has 2 heterocycles. The first-order valence-electron chi connectivity index (χ1n) is 5.52. The zero-order chi connectivity index (χ0) is 11.4. The van der Waals surface area contributed by atoms with Gasteiger partial charge in [0.15, 0.2) is 0 Å². The second-order valence-electron chi connectivity index (χ2n) is 4.04. The molecule has 1 saturated heterocycles. The summed E-state index contributed by atoms with van der Waals surface area (Å²) in [5, 5.41) is 0. The molecule has 0 aliphatic carbocycles. The van der Waals surface area contributed by atoms with Crippen LogP contribution in [-0.2, 0) is 4.79 Å². The molecule has 1 unspecified atom stereocenters. The Kier molecular flexibility index (Phi) is 3.41. The third-order valence-corrected chi connectivity index (χ3v) is 2.70. The highest BCUT2D eigenvalue weighted by Crippen LogP contribution is 2.09. The topological polar surface area (TPSA) is 59.5 Å². The number of nitrogens with zero attached hydrogens (tertiary/aromatic N) is 1. The van der Waals surface area contributed by atoms with Gasteiger partial charge in [0.2, 0.25) is 5.91 Å². The normalized spacial score (nSPS) is 21.6. The van der Waals surface area contributed by atoms with Gasteiger partial charge < -0.3 is 15.1 Å². The van der Waals surface area contributed by atoms with Crippen molar-refractivity contribution in [2.24, 2.45) is 5.73 Å². The zero-order valence-electron chi connectivity index (χ0n) is 9.13. The molecule has 4 nitrogen and oxygen atoms in total. The van der Waals surface area contributed by atoms with E-state index in [1.807, 2.05) is 6.07 Å². The van der Waals surface area contributed by atoms with Gasteiger partial charge in [-0.15, -0.1) is 0 Å². The molecule has 1 aromatic heterocycles. The van der Waals surface area contributed by atoms with E-state index in [1.165, 1.54) is 6.08 Å². The summed E-state index contributed by atoms with van der Waals surface area (Å²) in [6, 6.07) is 3.72. The molecule has 2 rings (SSSR count). The molecule has 0 spiro atoms. The molecule has 0 radical (unpaired) electrons. The molecule has 1 aliphatic heterocycles. The third kappa shape index (κ3) is 2.73. The van der Waals surface area contributed by atoms with Gasteiger partial charge >= 0.3 is 0 Å². The van der Waals surface area contributed by atoms with E-state index in [2.05, 4.69) is 0 Å². The van der Waals surface area contributed by atoms with Crippen molar-refractivity contribution in [3.63, 3.8) is 0 Å². The van der Waals surface area contributed by atoms with Gasteiger partial charge in [0, 0.05) is 25.2 Å². The van der Waals surface area contributed by atoms with Crippen LogP contribution < -0.4 is 5.73 Å². The lowest BCUT2D eigenvalue weighted by molar-refractivity contribution is -0.127. The Morgan fingerprint density at radius 3 is 3.19 bits per heavy atom. The fourth-order valence-corrected chi connectivity index (χ4v) is 1.86. The van der Waals surface area contributed by atoms with E-state index in [4.69, 9.17) is 10.2 Å². The summed E-state index contributed by atoms with van der Waals surface area (Å²) in [4.78, 5) is 13.6. The SMILES string of the molecule is NC1CCCN(C(=O)/C=C/c2ccco2)C1. The van der Waals surface area contributed by atoms with Gasteiger partial charge in [0.25, 0.3) is 0 Å². The van der Waals surface area contributed by atoms with Gasteiger partial charge in [-0.3, -0.25) is 4.79 Å². The van der Waals surface area contributed by atoms with Crippen LogP contribution in [0.15, 0.2) is 28.9 Å². The number of carbonyl (C=O) groups excluding carboxylic acids is 1. The van der Waals surface area contributed by atoms with E-state index in [9.17, 15) is 4.79 Å². The molecule has 0 aromatic carbocycles. The molecule has 1 aromatic rings. The number of piperidine rings is 1. The maximum absolute atomic E-state index is 11.8. The first-order chi connectivity index (χ1) is 7.75. The van der Waals surface area contributed by atoms with Crippen LogP contribution in [0.2, 0.25) is 0 Å². The average Bonchev–Trinajstić information content (AvgIpc) is 2.78. The first-order valence-corrected chi connectivity index (χ1v) is 5.52. The molecule has 1 atom stereocenters. The van der Waals surface area contributed by atoms with Gasteiger partial charge in [-0.05, 0) is 31.1 Å². The predicted molar refractivity (Wildman–Crippen MR) is 61.5 cm³/mol. The van der Waals surface area contributed by atoms with E-state index < -0.39 is 0 Å². The molecule has 2 N–H and O–H groups in total. The Morgan fingerprint density at radius 2 is 2.50 bits per heavy atom. The maximum Gasteiger partial charge on any atom is 0.246 e. The van der Waals surface area contributed by atoms with Crippen molar-refractivity contribution in [2.75, 3.05) is 13.1 Å². The average molecular weight is 220 g/mol. The van der Waals surface area contributed by atoms with Gasteiger partial charge in [-0.1, -0.05) is 0 Å². The van der Waals surface area contributed by atoms with Crippen LogP contribution in [0, 0.1) is 0 Å². The molecule has 1 amide bonds. The summed E-state index contributed by atoms with van der Waals surface area (Å²) in [6.07, 6.45) is 6.80. The fraction of sp³-hybridized carbons (Fsp3) is 0.417. The highest BCUT2D eigenvalue weighted by atomic mass is 16.3. The minimum atomic E-state index is 0.00606. The third-order valence-electron chi connectivity index (χ3n) is 2.70. The van der Waals surface area contributed by atoms with E-state index >= 15 is 0 Å². The van der Waals surface area contributed by atoms with Gasteiger partial charge in [-0.25, -0.2) is 0 Å². The summed E-state index contributed by atoms with van der Waals surface area (Å²) in [7, 11) is 0. The van der Waals surface area contributed by atoms with Gasteiger partial charge in [0.1, 0.15) is 5.76 Å². The van der Waals surface area contributed by atoms with E-state index in [0.29, 0.717) is 12.3 Å². The summed E-state index contributed by atoms with van der Waals surface area (Å²) in [5.74, 6) is 0.696. The number of carbonyl (C=O) groups is 1. The maximum atomic E-state index is 11.8. The lowest BCUT2D eigenvalue weighted by atomic mass is 10.1. The smallest absolute Gasteiger partial charge is 0.246 e. The second kappa shape index (κ2) is 4.99. The van der Waals surface area contributed by atoms with E-state index in [-0.39, 0.29) is 11.9 Å². The molecule has 86 valence electrons. The fourth-order valence-electron chi connectivity index (χ4n) is 1.86. The number of hydrogen-bond acceptors (Lipinski definition) is 3. The van der Waals surface area contributed by atoms with Crippen LogP contribution in [0.3, 0.4) is 0 Å². The molecule has 0 bridgehead atoms. The Bertz CT molecular complexity index is 370. The zero-order valence-corrected chi connectivity index (χ0v) is 9.13. The van der Waals surface area contributed by atoms with Crippen molar-refractivity contribution in [3.05, 3.63) is 30.2 Å². The van der Waals surface area contributed by atoms with Crippen molar-refractivity contribution in [2.45, 2.75) is 18.9 Å². The largest absolute Gasteiger partial charge is 0.465 e. The Balaban J connectivity index is 1.92. The molecular formula is C12H16N2O2. The lowest BCUT2D eigenvalue weighted by Crippen LogP contribution is -2.45. The lowest BCUT2D eigenvalue weighted by Gasteiger charge is -2.29. The summed E-state index contributed by atoms with van der Waals surface area (Å²) in [5.41, 5.74) is 5.82. The summed E-state index contributed by atoms with van der Waals surface area (Å²) < 4.78 is 5.11. The van der Waals surface area contributed by atoms with Crippen LogP contribution in [0.5, 0.6) is 0 Å². The minimum Gasteiger partial charge on any atom is -0.465 e. The Labute approximate surface area is 94.7 Å². The van der Waals surface area contributed by atoms with Crippen LogP contribution in [0.4, 0.5) is 0 Å². The second-order valence-corrected chi connectivity index (χ2v) is 4.04. The van der Waals surface area contributed by atoms with E-state index in [1.54, 1.807) is 23.3 Å². The molecular weight excluding hydrogens is 204 g/mol. The predicted octanol–water partition coefficient (Wildman–Crippen LogP) is 1.24. The van der Waals surface area contributed by atoms with Crippen LogP contribution in [0.25, 0.3) is 6.08 Å². The molecule has 4 heteroatoms. The Morgan fingerprint density at radius 1 is 1.62 bits per heavy atom. The van der Waals surface area contributed by atoms with Crippen molar-refractivity contribution < 1.29 is 9.21 Å². The van der Waals surface area contributed by atoms with Crippen LogP contribution >= 0.6 is 0 Å². The number of likely N-dealkylation sites (tertiary alicyclic amines) is 1. The number of amides is 1. The van der Waals surface area contributed by atoms with Crippen molar-refractivity contribution >= 4 is 12.0 Å². The highest BCUT2D eigenvalue weighted by Gasteiger charge is 2.19. The van der Waals surface area contributed by atoms with Crippen LogP contribution in [0.1, 0.15) is 18.6 Å².